The lowest BCUT2D eigenvalue weighted by Gasteiger charge is -2.34. The summed E-state index contributed by atoms with van der Waals surface area (Å²) in [6.45, 7) is 5.15. The Labute approximate surface area is 178 Å². The topological polar surface area (TPSA) is 36.4 Å². The van der Waals surface area contributed by atoms with E-state index in [2.05, 4.69) is 17.0 Å². The molecule has 0 saturated carbocycles. The van der Waals surface area contributed by atoms with Crippen LogP contribution in [0.3, 0.4) is 0 Å². The summed E-state index contributed by atoms with van der Waals surface area (Å²) < 4.78 is 1.16. The van der Waals surface area contributed by atoms with Crippen LogP contribution in [0, 0.1) is 6.92 Å². The van der Waals surface area contributed by atoms with Gasteiger partial charge in [-0.1, -0.05) is 53.3 Å². The normalized spacial score (nSPS) is 14.6. The fourth-order valence-electron chi connectivity index (χ4n) is 3.29. The molecular weight excluding hydrogens is 410 g/mol. The molecule has 1 aliphatic rings. The van der Waals surface area contributed by atoms with Crippen LogP contribution in [0.15, 0.2) is 42.5 Å². The number of carbonyl (C=O) groups is 1. The third-order valence-corrected chi connectivity index (χ3v) is 7.46. The van der Waals surface area contributed by atoms with Crippen molar-refractivity contribution in [1.82, 2.24) is 9.88 Å². The third-order valence-electron chi connectivity index (χ3n) is 4.98. The van der Waals surface area contributed by atoms with E-state index in [1.807, 2.05) is 42.2 Å². The molecule has 0 unspecified atom stereocenters. The van der Waals surface area contributed by atoms with Crippen LogP contribution in [0.5, 0.6) is 0 Å². The largest absolute Gasteiger partial charge is 0.345 e. The van der Waals surface area contributed by atoms with Crippen molar-refractivity contribution in [3.63, 3.8) is 0 Å². The number of thiazole rings is 1. The van der Waals surface area contributed by atoms with E-state index in [-0.39, 0.29) is 5.91 Å². The molecule has 0 bridgehead atoms. The monoisotopic (exact) mass is 431 g/mol. The summed E-state index contributed by atoms with van der Waals surface area (Å²) in [6, 6.07) is 14.3. The van der Waals surface area contributed by atoms with Crippen LogP contribution >= 0.6 is 34.7 Å². The van der Waals surface area contributed by atoms with Gasteiger partial charge >= 0.3 is 0 Å². The van der Waals surface area contributed by atoms with Crippen molar-refractivity contribution in [3.8, 4) is 0 Å². The second kappa shape index (κ2) is 8.72. The van der Waals surface area contributed by atoms with Gasteiger partial charge < -0.3 is 9.80 Å². The number of fused-ring (bicyclic) bond motifs is 1. The molecule has 0 atom stereocenters. The summed E-state index contributed by atoms with van der Waals surface area (Å²) in [5.74, 6) is 1.64. The molecule has 4 rings (SSSR count). The fraction of sp³-hybridized carbons (Fsp3) is 0.333. The lowest BCUT2D eigenvalue weighted by Crippen LogP contribution is -2.49. The van der Waals surface area contributed by atoms with Crippen molar-refractivity contribution in [1.29, 1.82) is 0 Å². The molecule has 28 heavy (non-hydrogen) atoms. The van der Waals surface area contributed by atoms with E-state index in [1.165, 1.54) is 5.56 Å². The minimum atomic E-state index is 0.229. The van der Waals surface area contributed by atoms with Gasteiger partial charge in [0.2, 0.25) is 5.91 Å². The van der Waals surface area contributed by atoms with E-state index in [9.17, 15) is 4.79 Å². The van der Waals surface area contributed by atoms with Crippen molar-refractivity contribution < 1.29 is 4.79 Å². The molecule has 1 amide bonds. The average molecular weight is 432 g/mol. The number of nitrogens with zero attached hydrogens (tertiary/aromatic N) is 3. The fourth-order valence-corrected chi connectivity index (χ4v) is 5.41. The zero-order valence-corrected chi connectivity index (χ0v) is 18.1. The molecule has 1 aliphatic heterocycles. The summed E-state index contributed by atoms with van der Waals surface area (Å²) in [6.07, 6.45) is 0. The number of hydrogen-bond acceptors (Lipinski definition) is 5. The van der Waals surface area contributed by atoms with Gasteiger partial charge in [-0.05, 0) is 30.2 Å². The van der Waals surface area contributed by atoms with Crippen LogP contribution in [-0.4, -0.2) is 47.7 Å². The first kappa shape index (κ1) is 19.6. The molecule has 2 heterocycles. The molecule has 1 aromatic heterocycles. The van der Waals surface area contributed by atoms with Crippen molar-refractivity contribution in [3.05, 3.63) is 58.6 Å². The Bertz CT molecular complexity index is 968. The van der Waals surface area contributed by atoms with Gasteiger partial charge in [-0.15, -0.1) is 11.8 Å². The molecule has 0 spiro atoms. The van der Waals surface area contributed by atoms with Crippen molar-refractivity contribution in [2.75, 3.05) is 36.8 Å². The predicted molar refractivity (Wildman–Crippen MR) is 121 cm³/mol. The van der Waals surface area contributed by atoms with E-state index >= 15 is 0 Å². The summed E-state index contributed by atoms with van der Waals surface area (Å²) >= 11 is 9.60. The number of hydrogen-bond donors (Lipinski definition) is 0. The van der Waals surface area contributed by atoms with Crippen molar-refractivity contribution in [2.24, 2.45) is 0 Å². The number of aromatic nitrogens is 1. The molecule has 7 heteroatoms. The van der Waals surface area contributed by atoms with Crippen LogP contribution in [0.4, 0.5) is 5.13 Å². The Kier molecular flexibility index (Phi) is 6.09. The summed E-state index contributed by atoms with van der Waals surface area (Å²) in [5, 5.41) is 1.78. The molecule has 2 aromatic carbocycles. The number of anilines is 1. The Morgan fingerprint density at radius 2 is 1.89 bits per heavy atom. The Balaban J connectivity index is 1.30. The highest BCUT2D eigenvalue weighted by atomic mass is 35.5. The first-order chi connectivity index (χ1) is 13.6. The number of aryl methyl sites for hydroxylation is 1. The molecule has 0 radical (unpaired) electrons. The number of benzene rings is 2. The molecule has 0 N–H and O–H groups in total. The van der Waals surface area contributed by atoms with Gasteiger partial charge in [-0.3, -0.25) is 4.79 Å². The van der Waals surface area contributed by atoms with E-state index in [4.69, 9.17) is 16.6 Å². The predicted octanol–water partition coefficient (Wildman–Crippen LogP) is 4.84. The molecule has 0 aliphatic carbocycles. The highest BCUT2D eigenvalue weighted by Crippen LogP contribution is 2.33. The highest BCUT2D eigenvalue weighted by Gasteiger charge is 2.23. The van der Waals surface area contributed by atoms with E-state index in [0.717, 1.165) is 57.9 Å². The maximum Gasteiger partial charge on any atom is 0.232 e. The van der Waals surface area contributed by atoms with E-state index < -0.39 is 0 Å². The molecular formula is C21H22ClN3OS2. The number of amides is 1. The molecule has 1 fully saturated rings. The quantitative estimate of drug-likeness (QED) is 0.579. The number of rotatable bonds is 5. The standard InChI is InChI=1S/C21H22ClN3OS2/c1-15-17(22)7-8-18-20(15)23-21(28-18)25-11-9-24(10-12-25)19(26)14-27-13-16-5-3-2-4-6-16/h2-8H,9-14H2,1H3. The summed E-state index contributed by atoms with van der Waals surface area (Å²) in [4.78, 5) is 21.6. The molecule has 3 aromatic rings. The van der Waals surface area contributed by atoms with Crippen molar-refractivity contribution in [2.45, 2.75) is 12.7 Å². The first-order valence-electron chi connectivity index (χ1n) is 9.32. The van der Waals surface area contributed by atoms with E-state index in [0.29, 0.717) is 5.75 Å². The lowest BCUT2D eigenvalue weighted by molar-refractivity contribution is -0.128. The van der Waals surface area contributed by atoms with Gasteiger partial charge in [-0.2, -0.15) is 0 Å². The molecule has 4 nitrogen and oxygen atoms in total. The Hall–Kier alpha value is -1.76. The number of piperazine rings is 1. The van der Waals surface area contributed by atoms with E-state index in [1.54, 1.807) is 23.1 Å². The SMILES string of the molecule is Cc1c(Cl)ccc2sc(N3CCN(C(=O)CSCc4ccccc4)CC3)nc12. The van der Waals surface area contributed by atoms with Crippen LogP contribution in [0.25, 0.3) is 10.2 Å². The molecule has 1 saturated heterocycles. The van der Waals surface area contributed by atoms with Crippen molar-refractivity contribution >= 4 is 56.0 Å². The van der Waals surface area contributed by atoms with Gasteiger partial charge in [0.25, 0.3) is 0 Å². The second-order valence-electron chi connectivity index (χ2n) is 6.86. The van der Waals surface area contributed by atoms with Gasteiger partial charge in [0.15, 0.2) is 5.13 Å². The number of carbonyl (C=O) groups excluding carboxylic acids is 1. The summed E-state index contributed by atoms with van der Waals surface area (Å²) in [7, 11) is 0. The van der Waals surface area contributed by atoms with Gasteiger partial charge in [0.1, 0.15) is 0 Å². The van der Waals surface area contributed by atoms with Gasteiger partial charge in [0.05, 0.1) is 16.0 Å². The minimum absolute atomic E-state index is 0.229. The smallest absolute Gasteiger partial charge is 0.232 e. The van der Waals surface area contributed by atoms with Gasteiger partial charge in [-0.25, -0.2) is 4.98 Å². The lowest BCUT2D eigenvalue weighted by atomic mass is 10.2. The number of thioether (sulfide) groups is 1. The van der Waals surface area contributed by atoms with Crippen LogP contribution < -0.4 is 4.90 Å². The number of halogens is 1. The zero-order valence-electron chi connectivity index (χ0n) is 15.7. The van der Waals surface area contributed by atoms with Crippen LogP contribution in [0.1, 0.15) is 11.1 Å². The molecule has 146 valence electrons. The zero-order chi connectivity index (χ0) is 19.5. The van der Waals surface area contributed by atoms with Crippen LogP contribution in [0.2, 0.25) is 5.02 Å². The van der Waals surface area contributed by atoms with Crippen LogP contribution in [-0.2, 0) is 10.5 Å². The first-order valence-corrected chi connectivity index (χ1v) is 11.7. The maximum absolute atomic E-state index is 12.5. The Morgan fingerprint density at radius 1 is 1.14 bits per heavy atom. The highest BCUT2D eigenvalue weighted by molar-refractivity contribution is 7.99. The third kappa shape index (κ3) is 4.29. The minimum Gasteiger partial charge on any atom is -0.345 e. The average Bonchev–Trinajstić information content (AvgIpc) is 3.17. The maximum atomic E-state index is 12.5. The Morgan fingerprint density at radius 3 is 2.64 bits per heavy atom. The van der Waals surface area contributed by atoms with Gasteiger partial charge in [0, 0.05) is 37.0 Å². The second-order valence-corrected chi connectivity index (χ2v) is 9.26. The summed E-state index contributed by atoms with van der Waals surface area (Å²) in [5.41, 5.74) is 3.28.